The molecule has 4 rings (SSSR count). The van der Waals surface area contributed by atoms with E-state index in [9.17, 15) is 0 Å². The Bertz CT molecular complexity index is 455. The van der Waals surface area contributed by atoms with Crippen molar-refractivity contribution in [2.75, 3.05) is 36.4 Å². The molecule has 3 heterocycles. The molecule has 0 radical (unpaired) electrons. The summed E-state index contributed by atoms with van der Waals surface area (Å²) < 4.78 is 0. The molecule has 4 heteroatoms. The molecule has 0 amide bonds. The number of nitrogens with one attached hydrogen (secondary N) is 2. The molecule has 18 heavy (non-hydrogen) atoms. The van der Waals surface area contributed by atoms with Crippen molar-refractivity contribution in [1.29, 1.82) is 0 Å². The minimum atomic E-state index is 0.705. The number of piperazine rings is 1. The summed E-state index contributed by atoms with van der Waals surface area (Å²) >= 11 is 0. The van der Waals surface area contributed by atoms with E-state index >= 15 is 0 Å². The Balaban J connectivity index is 1.60. The van der Waals surface area contributed by atoms with Crippen LogP contribution in [0.3, 0.4) is 0 Å². The molecule has 1 saturated carbocycles. The number of pyridine rings is 1. The van der Waals surface area contributed by atoms with Gasteiger partial charge in [-0.2, -0.15) is 0 Å². The van der Waals surface area contributed by atoms with Crippen molar-refractivity contribution in [3.63, 3.8) is 0 Å². The normalized spacial score (nSPS) is 26.9. The van der Waals surface area contributed by atoms with Gasteiger partial charge in [-0.3, -0.25) is 0 Å². The molecule has 0 bridgehead atoms. The molecule has 1 saturated heterocycles. The summed E-state index contributed by atoms with van der Waals surface area (Å²) in [6, 6.07) is 2.90. The minimum Gasteiger partial charge on any atom is -0.369 e. The lowest BCUT2D eigenvalue weighted by Gasteiger charge is -2.36. The summed E-state index contributed by atoms with van der Waals surface area (Å²) in [6.07, 6.45) is 5.90. The van der Waals surface area contributed by atoms with E-state index in [0.29, 0.717) is 6.04 Å². The Morgan fingerprint density at radius 1 is 1.28 bits per heavy atom. The van der Waals surface area contributed by atoms with Gasteiger partial charge < -0.3 is 15.5 Å². The van der Waals surface area contributed by atoms with Crippen molar-refractivity contribution >= 4 is 11.5 Å². The fraction of sp³-hybridized carbons (Fsp3) is 0.643. The average molecular weight is 244 g/mol. The van der Waals surface area contributed by atoms with Gasteiger partial charge in [0.15, 0.2) is 0 Å². The minimum absolute atomic E-state index is 0.705. The van der Waals surface area contributed by atoms with Crippen LogP contribution < -0.4 is 15.5 Å². The van der Waals surface area contributed by atoms with Crippen LogP contribution in [-0.2, 0) is 6.42 Å². The fourth-order valence-corrected chi connectivity index (χ4v) is 3.29. The van der Waals surface area contributed by atoms with E-state index in [-0.39, 0.29) is 0 Å². The van der Waals surface area contributed by atoms with E-state index in [2.05, 4.69) is 26.6 Å². The van der Waals surface area contributed by atoms with Gasteiger partial charge in [0.1, 0.15) is 5.82 Å². The molecule has 2 fully saturated rings. The van der Waals surface area contributed by atoms with E-state index in [0.717, 1.165) is 37.8 Å². The third-order valence-electron chi connectivity index (χ3n) is 4.44. The Morgan fingerprint density at radius 2 is 2.22 bits per heavy atom. The van der Waals surface area contributed by atoms with Gasteiger partial charge >= 0.3 is 0 Å². The summed E-state index contributed by atoms with van der Waals surface area (Å²) in [5.74, 6) is 2.04. The van der Waals surface area contributed by atoms with Crippen molar-refractivity contribution < 1.29 is 0 Å². The highest BCUT2D eigenvalue weighted by Gasteiger charge is 2.34. The second kappa shape index (κ2) is 4.12. The van der Waals surface area contributed by atoms with Crippen LogP contribution >= 0.6 is 0 Å². The van der Waals surface area contributed by atoms with Crippen molar-refractivity contribution in [1.82, 2.24) is 10.3 Å². The van der Waals surface area contributed by atoms with Crippen LogP contribution in [-0.4, -0.2) is 37.2 Å². The lowest BCUT2D eigenvalue weighted by atomic mass is 10.1. The highest BCUT2D eigenvalue weighted by molar-refractivity contribution is 5.66. The fourth-order valence-electron chi connectivity index (χ4n) is 3.29. The highest BCUT2D eigenvalue weighted by atomic mass is 15.2. The first-order valence-electron chi connectivity index (χ1n) is 7.12. The molecular formula is C14H20N4. The molecule has 1 aromatic rings. The molecule has 96 valence electrons. The van der Waals surface area contributed by atoms with Crippen LogP contribution in [0.4, 0.5) is 11.5 Å². The van der Waals surface area contributed by atoms with Crippen LogP contribution in [0, 0.1) is 5.92 Å². The summed E-state index contributed by atoms with van der Waals surface area (Å²) in [5.41, 5.74) is 2.84. The van der Waals surface area contributed by atoms with Crippen molar-refractivity contribution in [2.24, 2.45) is 5.92 Å². The molecule has 0 spiro atoms. The molecule has 4 nitrogen and oxygen atoms in total. The van der Waals surface area contributed by atoms with Gasteiger partial charge in [-0.05, 0) is 31.2 Å². The predicted molar refractivity (Wildman–Crippen MR) is 73.2 cm³/mol. The number of fused-ring (bicyclic) bond motifs is 1. The van der Waals surface area contributed by atoms with Gasteiger partial charge in [0.05, 0.1) is 0 Å². The van der Waals surface area contributed by atoms with E-state index < -0.39 is 0 Å². The first-order valence-corrected chi connectivity index (χ1v) is 7.12. The Hall–Kier alpha value is -1.29. The molecule has 2 aliphatic heterocycles. The SMILES string of the molecule is c1cc(N2CCNC(C3CC3)C2)c2c(n1)NCC2. The summed E-state index contributed by atoms with van der Waals surface area (Å²) in [6.45, 7) is 4.45. The first-order chi connectivity index (χ1) is 8.92. The third kappa shape index (κ3) is 1.75. The molecule has 1 unspecified atom stereocenters. The molecular weight excluding hydrogens is 224 g/mol. The van der Waals surface area contributed by atoms with Crippen LogP contribution in [0.25, 0.3) is 0 Å². The summed E-state index contributed by atoms with van der Waals surface area (Å²) in [7, 11) is 0. The van der Waals surface area contributed by atoms with Crippen molar-refractivity contribution in [3.05, 3.63) is 17.8 Å². The monoisotopic (exact) mass is 244 g/mol. The Kier molecular flexibility index (Phi) is 2.43. The smallest absolute Gasteiger partial charge is 0.131 e. The maximum Gasteiger partial charge on any atom is 0.131 e. The van der Waals surface area contributed by atoms with Gasteiger partial charge in [0, 0.05) is 49.7 Å². The lowest BCUT2D eigenvalue weighted by Crippen LogP contribution is -2.52. The van der Waals surface area contributed by atoms with E-state index in [1.165, 1.54) is 30.6 Å². The number of nitrogens with zero attached hydrogens (tertiary/aromatic N) is 2. The maximum absolute atomic E-state index is 4.43. The van der Waals surface area contributed by atoms with Crippen molar-refractivity contribution in [3.8, 4) is 0 Å². The quantitative estimate of drug-likeness (QED) is 0.821. The van der Waals surface area contributed by atoms with E-state index in [1.807, 2.05) is 6.20 Å². The number of anilines is 2. The van der Waals surface area contributed by atoms with Crippen LogP contribution in [0.1, 0.15) is 18.4 Å². The van der Waals surface area contributed by atoms with Gasteiger partial charge in [-0.25, -0.2) is 4.98 Å². The molecule has 0 aromatic carbocycles. The predicted octanol–water partition coefficient (Wildman–Crippen LogP) is 1.24. The van der Waals surface area contributed by atoms with Gasteiger partial charge in [0.2, 0.25) is 0 Å². The zero-order valence-electron chi connectivity index (χ0n) is 10.7. The number of rotatable bonds is 2. The molecule has 2 N–H and O–H groups in total. The molecule has 1 aliphatic carbocycles. The molecule has 1 atom stereocenters. The zero-order valence-corrected chi connectivity index (χ0v) is 10.7. The first kappa shape index (κ1) is 10.6. The zero-order chi connectivity index (χ0) is 11.9. The van der Waals surface area contributed by atoms with Gasteiger partial charge in [-0.1, -0.05) is 0 Å². The number of hydrogen-bond acceptors (Lipinski definition) is 4. The second-order valence-corrected chi connectivity index (χ2v) is 5.68. The third-order valence-corrected chi connectivity index (χ3v) is 4.44. The maximum atomic E-state index is 4.43. The summed E-state index contributed by atoms with van der Waals surface area (Å²) in [5, 5.41) is 7.05. The van der Waals surface area contributed by atoms with Crippen LogP contribution in [0.2, 0.25) is 0 Å². The Labute approximate surface area is 108 Å². The van der Waals surface area contributed by atoms with E-state index in [4.69, 9.17) is 0 Å². The topological polar surface area (TPSA) is 40.2 Å². The second-order valence-electron chi connectivity index (χ2n) is 5.68. The molecule has 1 aromatic heterocycles. The van der Waals surface area contributed by atoms with Crippen LogP contribution in [0.15, 0.2) is 12.3 Å². The number of hydrogen-bond donors (Lipinski definition) is 2. The van der Waals surface area contributed by atoms with Gasteiger partial charge in [0.25, 0.3) is 0 Å². The van der Waals surface area contributed by atoms with Crippen molar-refractivity contribution in [2.45, 2.75) is 25.3 Å². The number of aromatic nitrogens is 1. The highest BCUT2D eigenvalue weighted by Crippen LogP contribution is 2.36. The summed E-state index contributed by atoms with van der Waals surface area (Å²) in [4.78, 5) is 6.99. The lowest BCUT2D eigenvalue weighted by molar-refractivity contribution is 0.418. The Morgan fingerprint density at radius 3 is 3.11 bits per heavy atom. The standard InChI is InChI=1S/C14H20N4/c1-2-10(1)12-9-18(8-7-15-12)13-4-6-17-14-11(13)3-5-16-14/h4,6,10,12,15H,1-3,5,7-9H2,(H,16,17). The average Bonchev–Trinajstić information content (AvgIpc) is 3.16. The van der Waals surface area contributed by atoms with Crippen LogP contribution in [0.5, 0.6) is 0 Å². The largest absolute Gasteiger partial charge is 0.369 e. The van der Waals surface area contributed by atoms with E-state index in [1.54, 1.807) is 0 Å². The van der Waals surface area contributed by atoms with Gasteiger partial charge in [-0.15, -0.1) is 0 Å². The molecule has 3 aliphatic rings.